The van der Waals surface area contributed by atoms with E-state index in [2.05, 4.69) is 0 Å². The van der Waals surface area contributed by atoms with Gasteiger partial charge in [-0.3, -0.25) is 9.59 Å². The summed E-state index contributed by atoms with van der Waals surface area (Å²) in [4.78, 5) is 24.4. The van der Waals surface area contributed by atoms with Gasteiger partial charge in [-0.15, -0.1) is 0 Å². The van der Waals surface area contributed by atoms with Crippen molar-refractivity contribution in [3.63, 3.8) is 0 Å². The number of carbonyl (C=O) groups is 2. The van der Waals surface area contributed by atoms with Crippen molar-refractivity contribution in [1.29, 1.82) is 0 Å². The zero-order valence-electron chi connectivity index (χ0n) is 12.9. The lowest BCUT2D eigenvalue weighted by Gasteiger charge is -2.25. The van der Waals surface area contributed by atoms with Crippen LogP contribution in [-0.2, 0) is 9.59 Å². The van der Waals surface area contributed by atoms with Gasteiger partial charge in [0.05, 0.1) is 12.5 Å². The van der Waals surface area contributed by atoms with Gasteiger partial charge in [-0.05, 0) is 12.7 Å². The fourth-order valence-corrected chi connectivity index (χ4v) is 2.82. The molecule has 1 aliphatic rings. The summed E-state index contributed by atoms with van der Waals surface area (Å²) in [5.41, 5.74) is 9.29. The van der Waals surface area contributed by atoms with E-state index in [0.717, 1.165) is 4.90 Å². The molecule has 0 aromatic carbocycles. The van der Waals surface area contributed by atoms with Crippen LogP contribution < -0.4 is 11.5 Å². The SMILES string of the molecule is NC(CC(F)(F)F)C(=O)N1C[C@H](CCCB(O)O)[C@](N)(C(=O)O)C1. The van der Waals surface area contributed by atoms with E-state index in [1.54, 1.807) is 0 Å². The second-order valence-corrected chi connectivity index (χ2v) is 6.10. The van der Waals surface area contributed by atoms with Crippen molar-refractivity contribution in [1.82, 2.24) is 4.90 Å². The summed E-state index contributed by atoms with van der Waals surface area (Å²) in [5.74, 6) is -3.11. The van der Waals surface area contributed by atoms with Gasteiger partial charge >= 0.3 is 19.3 Å². The molecule has 7 N–H and O–H groups in total. The molecule has 1 unspecified atom stereocenters. The number of nitrogens with two attached hydrogens (primary N) is 2. The van der Waals surface area contributed by atoms with Gasteiger partial charge in [0.2, 0.25) is 5.91 Å². The van der Waals surface area contributed by atoms with Crippen LogP contribution in [0.4, 0.5) is 13.2 Å². The van der Waals surface area contributed by atoms with Gasteiger partial charge in [0.25, 0.3) is 0 Å². The number of hydrogen-bond donors (Lipinski definition) is 5. The second kappa shape index (κ2) is 7.68. The fraction of sp³-hybridized carbons (Fsp3) is 0.833. The van der Waals surface area contributed by atoms with E-state index in [9.17, 15) is 27.9 Å². The lowest BCUT2D eigenvalue weighted by molar-refractivity contribution is -0.152. The maximum absolute atomic E-state index is 12.3. The molecule has 1 fully saturated rings. The molecule has 24 heavy (non-hydrogen) atoms. The van der Waals surface area contributed by atoms with Crippen molar-refractivity contribution in [2.24, 2.45) is 17.4 Å². The van der Waals surface area contributed by atoms with Crippen molar-refractivity contribution in [2.45, 2.75) is 43.3 Å². The molecule has 8 nitrogen and oxygen atoms in total. The third-order valence-electron chi connectivity index (χ3n) is 4.12. The van der Waals surface area contributed by atoms with Gasteiger partial charge in [-0.1, -0.05) is 6.42 Å². The number of hydrogen-bond acceptors (Lipinski definition) is 6. The predicted octanol–water partition coefficient (Wildman–Crippen LogP) is -1.24. The Morgan fingerprint density at radius 3 is 2.42 bits per heavy atom. The molecule has 1 amide bonds. The summed E-state index contributed by atoms with van der Waals surface area (Å²) in [6, 6.07) is -1.82. The topological polar surface area (TPSA) is 150 Å². The Labute approximate surface area is 136 Å². The zero-order chi connectivity index (χ0) is 18.7. The van der Waals surface area contributed by atoms with Gasteiger partial charge in [-0.2, -0.15) is 13.2 Å². The molecular formula is C12H21BF3N3O5. The highest BCUT2D eigenvalue weighted by molar-refractivity contribution is 6.40. The Bertz CT molecular complexity index is 479. The molecule has 12 heteroatoms. The van der Waals surface area contributed by atoms with Crippen LogP contribution in [0.25, 0.3) is 0 Å². The molecule has 1 heterocycles. The van der Waals surface area contributed by atoms with Gasteiger partial charge in [0, 0.05) is 19.0 Å². The van der Waals surface area contributed by atoms with Crippen molar-refractivity contribution < 1.29 is 37.9 Å². The number of amides is 1. The third kappa shape index (κ3) is 5.33. The van der Waals surface area contributed by atoms with Crippen LogP contribution in [0.3, 0.4) is 0 Å². The molecule has 1 saturated heterocycles. The van der Waals surface area contributed by atoms with Crippen LogP contribution in [0.5, 0.6) is 0 Å². The van der Waals surface area contributed by atoms with Crippen LogP contribution in [0, 0.1) is 5.92 Å². The summed E-state index contributed by atoms with van der Waals surface area (Å²) in [6.07, 6.45) is -5.70. The van der Waals surface area contributed by atoms with Crippen LogP contribution >= 0.6 is 0 Å². The van der Waals surface area contributed by atoms with Crippen LogP contribution in [0.1, 0.15) is 19.3 Å². The van der Waals surface area contributed by atoms with E-state index in [0.29, 0.717) is 0 Å². The Morgan fingerprint density at radius 2 is 1.96 bits per heavy atom. The van der Waals surface area contributed by atoms with Crippen LogP contribution in [0.15, 0.2) is 0 Å². The monoisotopic (exact) mass is 355 g/mol. The Balaban J connectivity index is 2.78. The number of rotatable bonds is 7. The first-order valence-electron chi connectivity index (χ1n) is 7.36. The largest absolute Gasteiger partial charge is 0.480 e. The molecule has 0 aromatic rings. The number of alkyl halides is 3. The molecular weight excluding hydrogens is 334 g/mol. The number of carboxylic acids is 1. The predicted molar refractivity (Wildman–Crippen MR) is 77.5 cm³/mol. The molecule has 0 bridgehead atoms. The second-order valence-electron chi connectivity index (χ2n) is 6.10. The first-order chi connectivity index (χ1) is 10.9. The Kier molecular flexibility index (Phi) is 6.62. The van der Waals surface area contributed by atoms with Crippen LogP contribution in [-0.4, -0.2) is 69.9 Å². The average molecular weight is 355 g/mol. The number of carbonyl (C=O) groups excluding carboxylic acids is 1. The standard InChI is InChI=1S/C12H21BF3N3O5/c14-12(15,16)4-8(17)9(20)19-5-7(2-1-3-13(23)24)11(18,6-19)10(21)22/h7-8,23-24H,1-6,17-18H2,(H,21,22)/t7-,8?,11-/m0/s1. The fourth-order valence-electron chi connectivity index (χ4n) is 2.82. The smallest absolute Gasteiger partial charge is 0.451 e. The van der Waals surface area contributed by atoms with E-state index >= 15 is 0 Å². The van der Waals surface area contributed by atoms with Crippen molar-refractivity contribution >= 4 is 19.0 Å². The first kappa shape index (κ1) is 20.7. The molecule has 0 spiro atoms. The summed E-state index contributed by atoms with van der Waals surface area (Å²) in [7, 11) is -1.55. The van der Waals surface area contributed by atoms with E-state index in [4.69, 9.17) is 21.5 Å². The minimum Gasteiger partial charge on any atom is -0.480 e. The van der Waals surface area contributed by atoms with E-state index in [-0.39, 0.29) is 25.7 Å². The lowest BCUT2D eigenvalue weighted by Crippen LogP contribution is -2.55. The van der Waals surface area contributed by atoms with Gasteiger partial charge < -0.3 is 31.5 Å². The van der Waals surface area contributed by atoms with Crippen molar-refractivity contribution in [3.8, 4) is 0 Å². The van der Waals surface area contributed by atoms with Crippen LogP contribution in [0.2, 0.25) is 6.32 Å². The summed E-state index contributed by atoms with van der Waals surface area (Å²) in [6.45, 7) is -0.590. The van der Waals surface area contributed by atoms with Gasteiger partial charge in [-0.25, -0.2) is 0 Å². The molecule has 0 saturated carbocycles. The molecule has 0 radical (unpaired) electrons. The highest BCUT2D eigenvalue weighted by atomic mass is 19.4. The number of halogens is 3. The summed E-state index contributed by atoms with van der Waals surface area (Å²) >= 11 is 0. The minimum absolute atomic E-state index is 0.00622. The van der Waals surface area contributed by atoms with Gasteiger partial charge in [0.1, 0.15) is 5.54 Å². The summed E-state index contributed by atoms with van der Waals surface area (Å²) in [5, 5.41) is 26.9. The molecule has 3 atom stereocenters. The molecule has 0 aliphatic carbocycles. The lowest BCUT2D eigenvalue weighted by atomic mass is 9.78. The zero-order valence-corrected chi connectivity index (χ0v) is 12.9. The minimum atomic E-state index is -4.61. The summed E-state index contributed by atoms with van der Waals surface area (Å²) < 4.78 is 37.0. The average Bonchev–Trinajstić information content (AvgIpc) is 2.74. The maximum Gasteiger partial charge on any atom is 0.451 e. The Hall–Kier alpha value is -1.37. The maximum atomic E-state index is 12.3. The molecule has 1 aliphatic heterocycles. The number of carboxylic acid groups (broad SMARTS) is 1. The number of nitrogens with zero attached hydrogens (tertiary/aromatic N) is 1. The first-order valence-corrected chi connectivity index (χ1v) is 7.36. The number of likely N-dealkylation sites (tertiary alicyclic amines) is 1. The van der Waals surface area contributed by atoms with E-state index in [1.165, 1.54) is 0 Å². The highest BCUT2D eigenvalue weighted by Crippen LogP contribution is 2.31. The quantitative estimate of drug-likeness (QED) is 0.359. The third-order valence-corrected chi connectivity index (χ3v) is 4.12. The Morgan fingerprint density at radius 1 is 1.38 bits per heavy atom. The molecule has 1 rings (SSSR count). The van der Waals surface area contributed by atoms with Crippen molar-refractivity contribution in [3.05, 3.63) is 0 Å². The van der Waals surface area contributed by atoms with E-state index < -0.39 is 55.6 Å². The normalized spacial score (nSPS) is 25.6. The van der Waals surface area contributed by atoms with Crippen molar-refractivity contribution in [2.75, 3.05) is 13.1 Å². The molecule has 0 aromatic heterocycles. The van der Waals surface area contributed by atoms with Gasteiger partial charge in [0.15, 0.2) is 0 Å². The molecule has 138 valence electrons. The number of aliphatic carboxylic acids is 1. The van der Waals surface area contributed by atoms with E-state index in [1.807, 2.05) is 0 Å². The highest BCUT2D eigenvalue weighted by Gasteiger charge is 2.51.